The summed E-state index contributed by atoms with van der Waals surface area (Å²) in [4.78, 5) is 27.5. The number of oxime groups is 1. The van der Waals surface area contributed by atoms with Crippen molar-refractivity contribution in [1.29, 1.82) is 0 Å². The Hall–Kier alpha value is -3.35. The van der Waals surface area contributed by atoms with Gasteiger partial charge in [0.15, 0.2) is 0 Å². The monoisotopic (exact) mass is 468 g/mol. The number of amides is 1. The number of likely N-dealkylation sites (N-methyl/N-ethyl adjacent to an activating group) is 1. The first-order chi connectivity index (χ1) is 16.1. The highest BCUT2D eigenvalue weighted by Gasteiger charge is 2.29. The summed E-state index contributed by atoms with van der Waals surface area (Å²) in [6.07, 6.45) is 2.61. The summed E-state index contributed by atoms with van der Waals surface area (Å²) >= 11 is 0. The largest absolute Gasteiger partial charge is 0.493 e. The van der Waals surface area contributed by atoms with Crippen LogP contribution in [0.3, 0.4) is 0 Å². The lowest BCUT2D eigenvalue weighted by Crippen LogP contribution is -2.29. The van der Waals surface area contributed by atoms with Gasteiger partial charge >= 0.3 is 5.97 Å². The highest BCUT2D eigenvalue weighted by atomic mass is 16.6. The normalized spacial score (nSPS) is 13.1. The lowest BCUT2D eigenvalue weighted by Gasteiger charge is -2.29. The molecule has 0 saturated carbocycles. The third-order valence-corrected chi connectivity index (χ3v) is 6.00. The highest BCUT2D eigenvalue weighted by Crippen LogP contribution is 2.31. The molecule has 184 valence electrons. The SMILES string of the molecule is CNC(=O)Cc1ccc(CC(C)(CCCOc2cc(C)ccc2C)/C(C)=N/OCC(=O)O)cc1. The number of aliphatic carboxylic acids is 1. The van der Waals surface area contributed by atoms with Crippen molar-refractivity contribution >= 4 is 17.6 Å². The predicted octanol–water partition coefficient (Wildman–Crippen LogP) is 4.48. The van der Waals surface area contributed by atoms with Crippen LogP contribution in [0.2, 0.25) is 0 Å². The number of aryl methyl sites for hydroxylation is 2. The van der Waals surface area contributed by atoms with E-state index in [1.165, 1.54) is 0 Å². The average molecular weight is 469 g/mol. The number of nitrogens with zero attached hydrogens (tertiary/aromatic N) is 1. The van der Waals surface area contributed by atoms with Crippen molar-refractivity contribution in [2.75, 3.05) is 20.3 Å². The highest BCUT2D eigenvalue weighted by molar-refractivity contribution is 5.87. The van der Waals surface area contributed by atoms with Crippen LogP contribution in [-0.4, -0.2) is 43.0 Å². The first-order valence-electron chi connectivity index (χ1n) is 11.5. The summed E-state index contributed by atoms with van der Waals surface area (Å²) in [6, 6.07) is 14.1. The zero-order valence-corrected chi connectivity index (χ0v) is 20.8. The van der Waals surface area contributed by atoms with Gasteiger partial charge < -0.3 is 20.0 Å². The van der Waals surface area contributed by atoms with E-state index in [1.807, 2.05) is 51.1 Å². The number of benzene rings is 2. The Bertz CT molecular complexity index is 1000. The van der Waals surface area contributed by atoms with Crippen molar-refractivity contribution in [3.8, 4) is 5.75 Å². The molecule has 0 radical (unpaired) electrons. The molecule has 2 N–H and O–H groups in total. The Labute approximate surface area is 202 Å². The van der Waals surface area contributed by atoms with Crippen molar-refractivity contribution in [2.24, 2.45) is 10.6 Å². The van der Waals surface area contributed by atoms with Crippen LogP contribution >= 0.6 is 0 Å². The standard InChI is InChI=1S/C27H36N2O5/c1-19-7-8-20(2)24(15-19)33-14-6-13-27(4,21(3)29-34-18-26(31)32)17-23-11-9-22(10-12-23)16-25(30)28-5/h7-12,15H,6,13-14,16-18H2,1-5H3,(H,28,30)(H,31,32)/b29-21+. The molecule has 2 aromatic rings. The van der Waals surface area contributed by atoms with Crippen LogP contribution in [0.25, 0.3) is 0 Å². The molecule has 2 rings (SSSR count). The van der Waals surface area contributed by atoms with E-state index in [2.05, 4.69) is 29.5 Å². The smallest absolute Gasteiger partial charge is 0.344 e. The van der Waals surface area contributed by atoms with Gasteiger partial charge in [0, 0.05) is 12.5 Å². The van der Waals surface area contributed by atoms with Crippen molar-refractivity contribution < 1.29 is 24.3 Å². The zero-order chi connectivity index (χ0) is 25.1. The van der Waals surface area contributed by atoms with Crippen LogP contribution in [-0.2, 0) is 27.3 Å². The number of rotatable bonds is 13. The maximum Gasteiger partial charge on any atom is 0.344 e. The summed E-state index contributed by atoms with van der Waals surface area (Å²) < 4.78 is 6.03. The molecule has 7 heteroatoms. The molecule has 7 nitrogen and oxygen atoms in total. The van der Waals surface area contributed by atoms with Gasteiger partial charge in [0.25, 0.3) is 0 Å². The minimum atomic E-state index is -1.06. The fourth-order valence-corrected chi connectivity index (χ4v) is 3.70. The fraction of sp³-hybridized carbons (Fsp3) is 0.444. The number of ether oxygens (including phenoxy) is 1. The summed E-state index contributed by atoms with van der Waals surface area (Å²) in [5.74, 6) is -0.199. The number of carbonyl (C=O) groups excluding carboxylic acids is 1. The first-order valence-corrected chi connectivity index (χ1v) is 11.5. The van der Waals surface area contributed by atoms with Gasteiger partial charge in [-0.25, -0.2) is 4.79 Å². The second-order valence-electron chi connectivity index (χ2n) is 8.97. The van der Waals surface area contributed by atoms with Crippen LogP contribution in [0, 0.1) is 19.3 Å². The molecule has 34 heavy (non-hydrogen) atoms. The second-order valence-corrected chi connectivity index (χ2v) is 8.97. The third-order valence-electron chi connectivity index (χ3n) is 6.00. The Morgan fingerprint density at radius 2 is 1.76 bits per heavy atom. The van der Waals surface area contributed by atoms with Crippen LogP contribution in [0.1, 0.15) is 48.9 Å². The molecule has 0 saturated heterocycles. The van der Waals surface area contributed by atoms with E-state index in [4.69, 9.17) is 14.7 Å². The van der Waals surface area contributed by atoms with Gasteiger partial charge in [-0.15, -0.1) is 0 Å². The number of carbonyl (C=O) groups is 2. The number of carboxylic acids is 1. The molecule has 0 aromatic heterocycles. The van der Waals surface area contributed by atoms with Gasteiger partial charge in [-0.1, -0.05) is 48.5 Å². The van der Waals surface area contributed by atoms with E-state index in [0.29, 0.717) is 19.4 Å². The molecule has 2 aromatic carbocycles. The number of carboxylic acid groups (broad SMARTS) is 1. The van der Waals surface area contributed by atoms with Crippen molar-refractivity contribution in [1.82, 2.24) is 5.32 Å². The van der Waals surface area contributed by atoms with E-state index in [-0.39, 0.29) is 11.3 Å². The Morgan fingerprint density at radius 1 is 1.09 bits per heavy atom. The zero-order valence-electron chi connectivity index (χ0n) is 20.8. The van der Waals surface area contributed by atoms with Gasteiger partial charge in [-0.2, -0.15) is 0 Å². The molecule has 0 spiro atoms. The lowest BCUT2D eigenvalue weighted by atomic mass is 9.76. The summed E-state index contributed by atoms with van der Waals surface area (Å²) in [6.45, 7) is 8.13. The molecule has 1 unspecified atom stereocenters. The Morgan fingerprint density at radius 3 is 2.41 bits per heavy atom. The van der Waals surface area contributed by atoms with E-state index in [0.717, 1.165) is 46.6 Å². The van der Waals surface area contributed by atoms with Crippen molar-refractivity contribution in [2.45, 2.75) is 53.4 Å². The predicted molar refractivity (Wildman–Crippen MR) is 133 cm³/mol. The molecule has 0 aliphatic heterocycles. The molecular weight excluding hydrogens is 432 g/mol. The van der Waals surface area contributed by atoms with Gasteiger partial charge in [-0.3, -0.25) is 4.79 Å². The molecule has 1 atom stereocenters. The Kier molecular flexibility index (Phi) is 10.1. The maximum atomic E-state index is 11.6. The van der Waals surface area contributed by atoms with Crippen LogP contribution in [0.15, 0.2) is 47.6 Å². The van der Waals surface area contributed by atoms with Crippen LogP contribution in [0.5, 0.6) is 5.75 Å². The number of hydrogen-bond donors (Lipinski definition) is 2. The van der Waals surface area contributed by atoms with Crippen LogP contribution in [0.4, 0.5) is 0 Å². The van der Waals surface area contributed by atoms with Gasteiger partial charge in [-0.05, 0) is 68.4 Å². The molecule has 0 bridgehead atoms. The summed E-state index contributed by atoms with van der Waals surface area (Å²) in [5, 5.41) is 15.6. The minimum absolute atomic E-state index is 0.0278. The summed E-state index contributed by atoms with van der Waals surface area (Å²) in [7, 11) is 1.63. The average Bonchev–Trinajstić information content (AvgIpc) is 2.79. The van der Waals surface area contributed by atoms with Gasteiger partial charge in [0.05, 0.1) is 18.7 Å². The van der Waals surface area contributed by atoms with E-state index in [1.54, 1.807) is 7.05 Å². The minimum Gasteiger partial charge on any atom is -0.493 e. The number of nitrogens with one attached hydrogen (secondary N) is 1. The molecule has 0 aliphatic rings. The van der Waals surface area contributed by atoms with Crippen LogP contribution < -0.4 is 10.1 Å². The molecule has 1 amide bonds. The summed E-state index contributed by atoms with van der Waals surface area (Å²) in [5.41, 5.74) is 4.68. The van der Waals surface area contributed by atoms with E-state index in [9.17, 15) is 9.59 Å². The lowest BCUT2D eigenvalue weighted by molar-refractivity contribution is -0.142. The van der Waals surface area contributed by atoms with Crippen molar-refractivity contribution in [3.63, 3.8) is 0 Å². The van der Waals surface area contributed by atoms with E-state index >= 15 is 0 Å². The third kappa shape index (κ3) is 8.54. The van der Waals surface area contributed by atoms with Gasteiger partial charge in [0.1, 0.15) is 5.75 Å². The maximum absolute atomic E-state index is 11.6. The molecular formula is C27H36N2O5. The van der Waals surface area contributed by atoms with Gasteiger partial charge in [0.2, 0.25) is 12.5 Å². The number of hydrogen-bond acceptors (Lipinski definition) is 5. The van der Waals surface area contributed by atoms with Crippen molar-refractivity contribution in [3.05, 3.63) is 64.7 Å². The molecule has 0 aliphatic carbocycles. The topological polar surface area (TPSA) is 97.2 Å². The fourth-order valence-electron chi connectivity index (χ4n) is 3.70. The molecule has 0 fully saturated rings. The van der Waals surface area contributed by atoms with E-state index < -0.39 is 12.6 Å². The first kappa shape index (κ1) is 26.9. The molecule has 0 heterocycles. The second kappa shape index (κ2) is 12.8. The quantitative estimate of drug-likeness (QED) is 0.257. The Balaban J connectivity index is 2.09.